The molecule has 1 N–H and O–H groups in total. The summed E-state index contributed by atoms with van der Waals surface area (Å²) in [6.07, 6.45) is 14.3. The van der Waals surface area contributed by atoms with Gasteiger partial charge in [0.2, 0.25) is 0 Å². The van der Waals surface area contributed by atoms with Crippen molar-refractivity contribution in [2.45, 2.75) is 84.1 Å². The molecule has 16 heavy (non-hydrogen) atoms. The van der Waals surface area contributed by atoms with E-state index >= 15 is 0 Å². The van der Waals surface area contributed by atoms with Crippen LogP contribution in [0.1, 0.15) is 78.1 Å². The Kier molecular flexibility index (Phi) is 7.92. The fraction of sp³-hybridized carbons (Fsp3) is 1.00. The molecule has 1 heteroatoms. The van der Waals surface area contributed by atoms with Crippen molar-refractivity contribution in [1.82, 2.24) is 5.32 Å². The summed E-state index contributed by atoms with van der Waals surface area (Å²) in [6.45, 7) is 5.88. The highest BCUT2D eigenvalue weighted by Crippen LogP contribution is 2.32. The Morgan fingerprint density at radius 3 is 2.06 bits per heavy atom. The summed E-state index contributed by atoms with van der Waals surface area (Å²) in [4.78, 5) is 0. The van der Waals surface area contributed by atoms with Gasteiger partial charge in [0.25, 0.3) is 0 Å². The third-order valence-corrected chi connectivity index (χ3v) is 3.83. The zero-order valence-electron chi connectivity index (χ0n) is 11.4. The Morgan fingerprint density at radius 2 is 1.50 bits per heavy atom. The SMILES string of the molecule is CCCCCCCCCCNC(C)C1CC1. The van der Waals surface area contributed by atoms with Crippen LogP contribution in [0.2, 0.25) is 0 Å². The third-order valence-electron chi connectivity index (χ3n) is 3.83. The van der Waals surface area contributed by atoms with Gasteiger partial charge in [0, 0.05) is 6.04 Å². The molecule has 96 valence electrons. The van der Waals surface area contributed by atoms with Gasteiger partial charge in [-0.1, -0.05) is 51.9 Å². The second-order valence-electron chi connectivity index (χ2n) is 5.56. The minimum Gasteiger partial charge on any atom is -0.314 e. The van der Waals surface area contributed by atoms with Gasteiger partial charge in [0.15, 0.2) is 0 Å². The molecule has 0 amide bonds. The molecule has 0 spiro atoms. The molecule has 1 aliphatic rings. The van der Waals surface area contributed by atoms with Crippen molar-refractivity contribution < 1.29 is 0 Å². The Balaban J connectivity index is 1.71. The van der Waals surface area contributed by atoms with Crippen molar-refractivity contribution in [1.29, 1.82) is 0 Å². The molecule has 1 aliphatic carbocycles. The molecule has 0 aromatic carbocycles. The monoisotopic (exact) mass is 225 g/mol. The van der Waals surface area contributed by atoms with Crippen LogP contribution >= 0.6 is 0 Å². The van der Waals surface area contributed by atoms with Crippen LogP contribution in [0.4, 0.5) is 0 Å². The molecule has 0 heterocycles. The Bertz CT molecular complexity index is 152. The minimum absolute atomic E-state index is 0.782. The van der Waals surface area contributed by atoms with Gasteiger partial charge in [0.1, 0.15) is 0 Å². The highest BCUT2D eigenvalue weighted by Gasteiger charge is 2.26. The van der Waals surface area contributed by atoms with Crippen LogP contribution in [0.15, 0.2) is 0 Å². The lowest BCUT2D eigenvalue weighted by Crippen LogP contribution is -2.28. The maximum Gasteiger partial charge on any atom is 0.00669 e. The van der Waals surface area contributed by atoms with Crippen LogP contribution in [0.3, 0.4) is 0 Å². The predicted octanol–water partition coefficient (Wildman–Crippen LogP) is 4.52. The highest BCUT2D eigenvalue weighted by atomic mass is 14.9. The quantitative estimate of drug-likeness (QED) is 0.510. The first-order chi connectivity index (χ1) is 7.84. The zero-order chi connectivity index (χ0) is 11.6. The average Bonchev–Trinajstić information content (AvgIpc) is 3.10. The van der Waals surface area contributed by atoms with Crippen molar-refractivity contribution in [3.8, 4) is 0 Å². The largest absolute Gasteiger partial charge is 0.314 e. The van der Waals surface area contributed by atoms with Gasteiger partial charge >= 0.3 is 0 Å². The second-order valence-corrected chi connectivity index (χ2v) is 5.56. The van der Waals surface area contributed by atoms with Crippen LogP contribution in [0, 0.1) is 5.92 Å². The summed E-state index contributed by atoms with van der Waals surface area (Å²) >= 11 is 0. The van der Waals surface area contributed by atoms with Gasteiger partial charge in [-0.3, -0.25) is 0 Å². The summed E-state index contributed by atoms with van der Waals surface area (Å²) in [5, 5.41) is 3.66. The summed E-state index contributed by atoms with van der Waals surface area (Å²) in [6, 6.07) is 0.782. The van der Waals surface area contributed by atoms with E-state index in [-0.39, 0.29) is 0 Å². The van der Waals surface area contributed by atoms with Gasteiger partial charge in [-0.05, 0) is 38.6 Å². The van der Waals surface area contributed by atoms with E-state index in [2.05, 4.69) is 19.2 Å². The van der Waals surface area contributed by atoms with Crippen molar-refractivity contribution in [3.05, 3.63) is 0 Å². The second kappa shape index (κ2) is 9.04. The van der Waals surface area contributed by atoms with Crippen molar-refractivity contribution >= 4 is 0 Å². The van der Waals surface area contributed by atoms with E-state index in [1.54, 1.807) is 0 Å². The first-order valence-corrected chi connectivity index (χ1v) is 7.58. The van der Waals surface area contributed by atoms with Crippen molar-refractivity contribution in [2.75, 3.05) is 6.54 Å². The molecule has 1 rings (SSSR count). The van der Waals surface area contributed by atoms with E-state index in [1.165, 1.54) is 70.8 Å². The lowest BCUT2D eigenvalue weighted by atomic mass is 10.1. The summed E-state index contributed by atoms with van der Waals surface area (Å²) in [7, 11) is 0. The van der Waals surface area contributed by atoms with E-state index in [1.807, 2.05) is 0 Å². The van der Waals surface area contributed by atoms with Gasteiger partial charge in [-0.15, -0.1) is 0 Å². The number of hydrogen-bond donors (Lipinski definition) is 1. The fourth-order valence-corrected chi connectivity index (χ4v) is 2.35. The molecule has 1 unspecified atom stereocenters. The molecule has 1 fully saturated rings. The zero-order valence-corrected chi connectivity index (χ0v) is 11.4. The Labute approximate surface area is 102 Å². The van der Waals surface area contributed by atoms with E-state index in [0.29, 0.717) is 0 Å². The minimum atomic E-state index is 0.782. The third kappa shape index (κ3) is 7.27. The normalized spacial score (nSPS) is 17.6. The van der Waals surface area contributed by atoms with Gasteiger partial charge in [-0.2, -0.15) is 0 Å². The van der Waals surface area contributed by atoms with Crippen LogP contribution < -0.4 is 5.32 Å². The summed E-state index contributed by atoms with van der Waals surface area (Å²) in [5.74, 6) is 1.01. The van der Waals surface area contributed by atoms with Crippen molar-refractivity contribution in [3.63, 3.8) is 0 Å². The predicted molar refractivity (Wildman–Crippen MR) is 72.8 cm³/mol. The van der Waals surface area contributed by atoms with Crippen LogP contribution in [-0.2, 0) is 0 Å². The highest BCUT2D eigenvalue weighted by molar-refractivity contribution is 4.82. The van der Waals surface area contributed by atoms with Gasteiger partial charge in [0.05, 0.1) is 0 Å². The number of hydrogen-bond acceptors (Lipinski definition) is 1. The smallest absolute Gasteiger partial charge is 0.00669 e. The maximum atomic E-state index is 3.66. The molecule has 0 aromatic rings. The van der Waals surface area contributed by atoms with Gasteiger partial charge in [-0.25, -0.2) is 0 Å². The molecule has 0 radical (unpaired) electrons. The molecular formula is C15H31N. The molecule has 1 nitrogen and oxygen atoms in total. The van der Waals surface area contributed by atoms with Crippen molar-refractivity contribution in [2.24, 2.45) is 5.92 Å². The first kappa shape index (κ1) is 14.0. The van der Waals surface area contributed by atoms with Crippen LogP contribution in [0.25, 0.3) is 0 Å². The lowest BCUT2D eigenvalue weighted by molar-refractivity contribution is 0.476. The molecule has 0 aliphatic heterocycles. The number of nitrogens with one attached hydrogen (secondary N) is 1. The maximum absolute atomic E-state index is 3.66. The van der Waals surface area contributed by atoms with E-state index in [4.69, 9.17) is 0 Å². The topological polar surface area (TPSA) is 12.0 Å². The lowest BCUT2D eigenvalue weighted by Gasteiger charge is -2.12. The summed E-state index contributed by atoms with van der Waals surface area (Å²) in [5.41, 5.74) is 0. The molecular weight excluding hydrogens is 194 g/mol. The van der Waals surface area contributed by atoms with E-state index < -0.39 is 0 Å². The first-order valence-electron chi connectivity index (χ1n) is 7.58. The van der Waals surface area contributed by atoms with Crippen LogP contribution in [0.5, 0.6) is 0 Å². The molecule has 0 aromatic heterocycles. The molecule has 1 atom stereocenters. The van der Waals surface area contributed by atoms with Gasteiger partial charge < -0.3 is 5.32 Å². The molecule has 1 saturated carbocycles. The Morgan fingerprint density at radius 1 is 0.938 bits per heavy atom. The number of rotatable bonds is 11. The van der Waals surface area contributed by atoms with Crippen LogP contribution in [-0.4, -0.2) is 12.6 Å². The van der Waals surface area contributed by atoms with E-state index in [9.17, 15) is 0 Å². The standard InChI is InChI=1S/C15H31N/c1-3-4-5-6-7-8-9-10-13-16-14(2)15-11-12-15/h14-16H,3-13H2,1-2H3. The summed E-state index contributed by atoms with van der Waals surface area (Å²) < 4.78 is 0. The average molecular weight is 225 g/mol. The number of unbranched alkanes of at least 4 members (excludes halogenated alkanes) is 7. The Hall–Kier alpha value is -0.0400. The molecule has 0 bridgehead atoms. The van der Waals surface area contributed by atoms with E-state index in [0.717, 1.165) is 12.0 Å². The fourth-order valence-electron chi connectivity index (χ4n) is 2.35. The molecule has 0 saturated heterocycles.